The molecule has 0 radical (unpaired) electrons. The maximum absolute atomic E-state index is 12.8. The number of carboxylic acids is 1. The van der Waals surface area contributed by atoms with Crippen molar-refractivity contribution in [2.24, 2.45) is 0 Å². The summed E-state index contributed by atoms with van der Waals surface area (Å²) in [6.07, 6.45) is -0.0796. The Labute approximate surface area is 203 Å². The lowest BCUT2D eigenvalue weighted by molar-refractivity contribution is 0.0696. The van der Waals surface area contributed by atoms with E-state index in [9.17, 15) is 14.7 Å². The zero-order valence-corrected chi connectivity index (χ0v) is 20.5. The first-order valence-corrected chi connectivity index (χ1v) is 12.2. The highest BCUT2D eigenvalue weighted by atomic mass is 32.1. The molecule has 2 aliphatic rings. The second-order valence-electron chi connectivity index (χ2n) is 10.2. The van der Waals surface area contributed by atoms with Crippen molar-refractivity contribution < 1.29 is 19.4 Å². The van der Waals surface area contributed by atoms with Crippen LogP contribution in [-0.2, 0) is 16.7 Å². The number of nitrogens with one attached hydrogen (secondary N) is 2. The molecule has 0 unspecified atom stereocenters. The number of ether oxygens (including phenoxy) is 1. The summed E-state index contributed by atoms with van der Waals surface area (Å²) in [4.78, 5) is 26.0. The van der Waals surface area contributed by atoms with Gasteiger partial charge in [-0.1, -0.05) is 48.5 Å². The molecule has 34 heavy (non-hydrogen) atoms. The molecule has 176 valence electrons. The van der Waals surface area contributed by atoms with Gasteiger partial charge < -0.3 is 15.2 Å². The molecule has 0 saturated heterocycles. The number of hydrogen-bond acceptors (Lipinski definition) is 5. The van der Waals surface area contributed by atoms with Gasteiger partial charge in [0.25, 0.3) is 0 Å². The predicted molar refractivity (Wildman–Crippen MR) is 134 cm³/mol. The number of aromatic carboxylic acids is 1. The van der Waals surface area contributed by atoms with Crippen molar-refractivity contribution in [3.63, 3.8) is 0 Å². The normalized spacial score (nSPS) is 17.4. The van der Waals surface area contributed by atoms with Gasteiger partial charge >= 0.3 is 12.1 Å². The second-order valence-corrected chi connectivity index (χ2v) is 11.2. The monoisotopic (exact) mass is 476 g/mol. The van der Waals surface area contributed by atoms with Crippen molar-refractivity contribution in [2.75, 3.05) is 11.9 Å². The van der Waals surface area contributed by atoms with E-state index in [1.807, 2.05) is 38.1 Å². The first-order valence-electron chi connectivity index (χ1n) is 11.4. The van der Waals surface area contributed by atoms with Crippen LogP contribution in [0.1, 0.15) is 65.5 Å². The molecule has 1 aliphatic carbocycles. The molecule has 1 aliphatic heterocycles. The molecule has 0 bridgehead atoms. The molecule has 1 aromatic heterocycles. The fraction of sp³-hybridized carbons (Fsp3) is 0.333. The summed E-state index contributed by atoms with van der Waals surface area (Å²) in [7, 11) is 0. The third-order valence-corrected chi connectivity index (χ3v) is 8.09. The number of carbonyl (C=O) groups is 2. The van der Waals surface area contributed by atoms with Gasteiger partial charge in [0.15, 0.2) is 0 Å². The first kappa shape index (κ1) is 22.6. The fourth-order valence-corrected chi connectivity index (χ4v) is 6.82. The van der Waals surface area contributed by atoms with Crippen molar-refractivity contribution in [1.82, 2.24) is 5.32 Å². The minimum atomic E-state index is -1.04. The molecule has 1 amide bonds. The summed E-state index contributed by atoms with van der Waals surface area (Å²) in [6, 6.07) is 16.3. The Morgan fingerprint density at radius 1 is 1.06 bits per heavy atom. The number of rotatable bonds is 4. The maximum atomic E-state index is 12.8. The van der Waals surface area contributed by atoms with E-state index in [-0.39, 0.29) is 23.6 Å². The SMILES string of the molecule is CC1(C)Cc2c(sc(NC(=O)OCC3c4ccccc4-c4ccccc43)c2C(=O)O)C(C)(C)N1. The van der Waals surface area contributed by atoms with E-state index in [0.717, 1.165) is 32.7 Å². The Kier molecular flexibility index (Phi) is 5.30. The Bertz CT molecular complexity index is 1260. The molecule has 5 rings (SSSR count). The van der Waals surface area contributed by atoms with Gasteiger partial charge in [-0.15, -0.1) is 11.3 Å². The zero-order valence-electron chi connectivity index (χ0n) is 19.7. The summed E-state index contributed by atoms with van der Waals surface area (Å²) in [6.45, 7) is 8.35. The number of anilines is 1. The topological polar surface area (TPSA) is 87.7 Å². The highest BCUT2D eigenvalue weighted by molar-refractivity contribution is 7.17. The van der Waals surface area contributed by atoms with Crippen LogP contribution in [0.4, 0.5) is 9.80 Å². The van der Waals surface area contributed by atoms with Crippen LogP contribution >= 0.6 is 11.3 Å². The summed E-state index contributed by atoms with van der Waals surface area (Å²) in [5.74, 6) is -1.10. The van der Waals surface area contributed by atoms with Crippen LogP contribution in [0.25, 0.3) is 11.1 Å². The summed E-state index contributed by atoms with van der Waals surface area (Å²) < 4.78 is 5.65. The highest BCUT2D eigenvalue weighted by Crippen LogP contribution is 2.46. The summed E-state index contributed by atoms with van der Waals surface area (Å²) >= 11 is 1.31. The molecule has 0 saturated carbocycles. The van der Waals surface area contributed by atoms with Gasteiger partial charge in [0.2, 0.25) is 0 Å². The van der Waals surface area contributed by atoms with Gasteiger partial charge in [-0.25, -0.2) is 9.59 Å². The molecule has 0 fully saturated rings. The minimum absolute atomic E-state index is 0.0578. The van der Waals surface area contributed by atoms with E-state index in [1.165, 1.54) is 11.3 Å². The Morgan fingerprint density at radius 3 is 2.24 bits per heavy atom. The summed E-state index contributed by atoms with van der Waals surface area (Å²) in [5, 5.41) is 16.6. The smallest absolute Gasteiger partial charge is 0.412 e. The van der Waals surface area contributed by atoms with Gasteiger partial charge in [0.05, 0.1) is 5.56 Å². The van der Waals surface area contributed by atoms with E-state index >= 15 is 0 Å². The van der Waals surface area contributed by atoms with Crippen LogP contribution in [0.5, 0.6) is 0 Å². The number of benzene rings is 2. The fourth-order valence-electron chi connectivity index (χ4n) is 5.57. The average Bonchev–Trinajstić information content (AvgIpc) is 3.27. The summed E-state index contributed by atoms with van der Waals surface area (Å²) in [5.41, 5.74) is 4.84. The van der Waals surface area contributed by atoms with Gasteiger partial charge in [0, 0.05) is 21.9 Å². The molecule has 3 N–H and O–H groups in total. The Balaban J connectivity index is 1.38. The molecule has 0 spiro atoms. The lowest BCUT2D eigenvalue weighted by atomic mass is 9.81. The number of hydrogen-bond donors (Lipinski definition) is 3. The third kappa shape index (κ3) is 3.79. The molecule has 2 aromatic carbocycles. The lowest BCUT2D eigenvalue weighted by Gasteiger charge is -2.42. The van der Waals surface area contributed by atoms with E-state index in [0.29, 0.717) is 11.4 Å². The Morgan fingerprint density at radius 2 is 1.65 bits per heavy atom. The van der Waals surface area contributed by atoms with E-state index < -0.39 is 17.6 Å². The number of carbonyl (C=O) groups excluding carboxylic acids is 1. The number of thiophene rings is 1. The molecule has 3 aromatic rings. The minimum Gasteiger partial charge on any atom is -0.478 e. The molecule has 6 nitrogen and oxygen atoms in total. The molecular formula is C27H28N2O4S. The largest absolute Gasteiger partial charge is 0.478 e. The van der Waals surface area contributed by atoms with Crippen LogP contribution in [0.15, 0.2) is 48.5 Å². The van der Waals surface area contributed by atoms with Crippen molar-refractivity contribution in [3.05, 3.63) is 75.7 Å². The third-order valence-electron chi connectivity index (χ3n) is 6.62. The van der Waals surface area contributed by atoms with Gasteiger partial charge in [-0.3, -0.25) is 5.32 Å². The van der Waals surface area contributed by atoms with Crippen molar-refractivity contribution >= 4 is 28.4 Å². The highest BCUT2D eigenvalue weighted by Gasteiger charge is 2.42. The van der Waals surface area contributed by atoms with Crippen molar-refractivity contribution in [2.45, 2.75) is 51.1 Å². The van der Waals surface area contributed by atoms with E-state index in [2.05, 4.69) is 48.7 Å². The number of fused-ring (bicyclic) bond motifs is 4. The van der Waals surface area contributed by atoms with Gasteiger partial charge in [0.1, 0.15) is 11.6 Å². The van der Waals surface area contributed by atoms with Gasteiger partial charge in [-0.05, 0) is 61.9 Å². The molecular weight excluding hydrogens is 448 g/mol. The van der Waals surface area contributed by atoms with Crippen LogP contribution in [0, 0.1) is 0 Å². The molecule has 7 heteroatoms. The molecule has 2 heterocycles. The van der Waals surface area contributed by atoms with Crippen LogP contribution < -0.4 is 10.6 Å². The lowest BCUT2D eigenvalue weighted by Crippen LogP contribution is -2.55. The average molecular weight is 477 g/mol. The van der Waals surface area contributed by atoms with E-state index in [1.54, 1.807) is 0 Å². The van der Waals surface area contributed by atoms with Crippen LogP contribution in [0.3, 0.4) is 0 Å². The molecule has 0 atom stereocenters. The van der Waals surface area contributed by atoms with Crippen LogP contribution in [-0.4, -0.2) is 29.3 Å². The Hall–Kier alpha value is -3.16. The first-order chi connectivity index (χ1) is 16.1. The predicted octanol–water partition coefficient (Wildman–Crippen LogP) is 5.97. The van der Waals surface area contributed by atoms with Crippen molar-refractivity contribution in [1.29, 1.82) is 0 Å². The number of carboxylic acid groups (broad SMARTS) is 1. The zero-order chi connectivity index (χ0) is 24.3. The maximum Gasteiger partial charge on any atom is 0.412 e. The van der Waals surface area contributed by atoms with Crippen molar-refractivity contribution in [3.8, 4) is 11.1 Å². The van der Waals surface area contributed by atoms with Gasteiger partial charge in [-0.2, -0.15) is 0 Å². The standard InChI is InChI=1S/C27H28N2O4S/c1-26(2)13-19-21(24(30)31)23(34-22(19)27(3,4)29-26)28-25(32)33-14-20-17-11-7-5-9-15(17)16-10-6-8-12-18(16)20/h5-12,20,29H,13-14H2,1-4H3,(H,28,32)(H,30,31). The second kappa shape index (κ2) is 7.96. The van der Waals surface area contributed by atoms with Crippen LogP contribution in [0.2, 0.25) is 0 Å². The quantitative estimate of drug-likeness (QED) is 0.432. The van der Waals surface area contributed by atoms with E-state index in [4.69, 9.17) is 4.74 Å². The number of amides is 1.